The van der Waals surface area contributed by atoms with Crippen molar-refractivity contribution in [2.45, 2.75) is 32.5 Å². The molecule has 1 fully saturated rings. The molecule has 154 valence electrons. The second-order valence-corrected chi connectivity index (χ2v) is 7.89. The van der Waals surface area contributed by atoms with Gasteiger partial charge in [0.2, 0.25) is 0 Å². The fraction of sp³-hybridized carbons (Fsp3) is 0.391. The zero-order chi connectivity index (χ0) is 20.4. The van der Waals surface area contributed by atoms with Crippen molar-refractivity contribution in [3.05, 3.63) is 70.9 Å². The first-order valence-corrected chi connectivity index (χ1v) is 10.1. The molecule has 0 saturated carbocycles. The smallest absolute Gasteiger partial charge is 0.159 e. The number of halogens is 2. The van der Waals surface area contributed by atoms with Crippen LogP contribution in [0.15, 0.2) is 42.5 Å². The van der Waals surface area contributed by atoms with Crippen molar-refractivity contribution in [1.82, 2.24) is 14.8 Å². The number of aryl methyl sites for hydroxylation is 1. The largest absolute Gasteiger partial charge is 0.396 e. The van der Waals surface area contributed by atoms with E-state index in [-0.39, 0.29) is 12.6 Å². The maximum absolute atomic E-state index is 13.6. The number of nitrogens with one attached hydrogen (secondary N) is 1. The molecule has 1 aliphatic rings. The Bertz CT molecular complexity index is 987. The highest BCUT2D eigenvalue weighted by molar-refractivity contribution is 5.84. The van der Waals surface area contributed by atoms with Gasteiger partial charge in [0, 0.05) is 62.0 Å². The van der Waals surface area contributed by atoms with Crippen LogP contribution >= 0.6 is 0 Å². The topological polar surface area (TPSA) is 42.5 Å². The molecule has 0 radical (unpaired) electrons. The fourth-order valence-electron chi connectivity index (χ4n) is 4.32. The number of aliphatic hydroxyl groups is 1. The van der Waals surface area contributed by atoms with Crippen molar-refractivity contribution >= 4 is 10.9 Å². The van der Waals surface area contributed by atoms with E-state index in [1.165, 1.54) is 28.8 Å². The zero-order valence-electron chi connectivity index (χ0n) is 16.7. The van der Waals surface area contributed by atoms with E-state index in [1.807, 2.05) is 6.07 Å². The van der Waals surface area contributed by atoms with Gasteiger partial charge in [-0.1, -0.05) is 24.3 Å². The van der Waals surface area contributed by atoms with E-state index >= 15 is 0 Å². The highest BCUT2D eigenvalue weighted by atomic mass is 19.2. The molecular weight excluding hydrogens is 372 g/mol. The second-order valence-electron chi connectivity index (χ2n) is 7.89. The number of hydrogen-bond donors (Lipinski definition) is 2. The summed E-state index contributed by atoms with van der Waals surface area (Å²) in [6, 6.07) is 12.6. The highest BCUT2D eigenvalue weighted by Gasteiger charge is 2.27. The number of H-pyrrole nitrogens is 1. The molecule has 2 heterocycles. The van der Waals surface area contributed by atoms with E-state index in [9.17, 15) is 13.9 Å². The number of para-hydroxylation sites is 1. The second kappa shape index (κ2) is 8.61. The minimum atomic E-state index is -0.820. The third kappa shape index (κ3) is 4.34. The maximum Gasteiger partial charge on any atom is 0.159 e. The van der Waals surface area contributed by atoms with E-state index < -0.39 is 11.6 Å². The summed E-state index contributed by atoms with van der Waals surface area (Å²) in [6.07, 6.45) is 0.659. The summed E-state index contributed by atoms with van der Waals surface area (Å²) in [5.74, 6) is -1.63. The molecule has 3 aromatic rings. The average molecular weight is 399 g/mol. The van der Waals surface area contributed by atoms with Crippen molar-refractivity contribution in [2.24, 2.45) is 0 Å². The first-order chi connectivity index (χ1) is 14.0. The first kappa shape index (κ1) is 20.0. The molecule has 1 atom stereocenters. The molecule has 0 unspecified atom stereocenters. The van der Waals surface area contributed by atoms with Crippen molar-refractivity contribution in [1.29, 1.82) is 0 Å². The number of fused-ring (bicyclic) bond motifs is 1. The normalized spacial score (nSPS) is 18.6. The van der Waals surface area contributed by atoms with Gasteiger partial charge in [0.1, 0.15) is 0 Å². The van der Waals surface area contributed by atoms with Gasteiger partial charge in [-0.25, -0.2) is 8.78 Å². The van der Waals surface area contributed by atoms with Gasteiger partial charge >= 0.3 is 0 Å². The van der Waals surface area contributed by atoms with Crippen LogP contribution in [0.3, 0.4) is 0 Å². The summed E-state index contributed by atoms with van der Waals surface area (Å²) in [7, 11) is 0. The van der Waals surface area contributed by atoms with Crippen LogP contribution in [-0.4, -0.2) is 52.2 Å². The molecule has 1 saturated heterocycles. The lowest BCUT2D eigenvalue weighted by molar-refractivity contribution is 0.0493. The van der Waals surface area contributed by atoms with Crippen LogP contribution in [0.5, 0.6) is 0 Å². The Balaban J connectivity index is 1.45. The molecule has 1 aliphatic heterocycles. The fourth-order valence-corrected chi connectivity index (χ4v) is 4.32. The van der Waals surface area contributed by atoms with Gasteiger partial charge < -0.3 is 10.1 Å². The lowest BCUT2D eigenvalue weighted by Crippen LogP contribution is -2.52. The Morgan fingerprint density at radius 3 is 2.66 bits per heavy atom. The summed E-state index contributed by atoms with van der Waals surface area (Å²) in [5, 5.41) is 10.8. The Kier molecular flexibility index (Phi) is 5.94. The quantitative estimate of drug-likeness (QED) is 0.662. The average Bonchev–Trinajstić information content (AvgIpc) is 3.03. The maximum atomic E-state index is 13.6. The number of benzene rings is 2. The molecule has 29 heavy (non-hydrogen) atoms. The standard InChI is InChI=1S/C23H27F2N3O/c1-16-19-4-2-3-5-22(19)26-23(16)15-27-9-10-28(18(14-27)8-11-29)13-17-6-7-20(24)21(25)12-17/h2-7,12,18,26,29H,8-11,13-15H2,1H3/t18-/m0/s1. The zero-order valence-corrected chi connectivity index (χ0v) is 16.7. The predicted octanol–water partition coefficient (Wildman–Crippen LogP) is 3.82. The third-order valence-corrected chi connectivity index (χ3v) is 5.97. The highest BCUT2D eigenvalue weighted by Crippen LogP contribution is 2.24. The number of aromatic amines is 1. The molecule has 0 spiro atoms. The SMILES string of the molecule is Cc1c(CN2CCN(Cc3ccc(F)c(F)c3)[C@@H](CCO)C2)[nH]c2ccccc12. The molecule has 1 aromatic heterocycles. The molecule has 0 aliphatic carbocycles. The van der Waals surface area contributed by atoms with Gasteiger partial charge in [-0.15, -0.1) is 0 Å². The lowest BCUT2D eigenvalue weighted by Gasteiger charge is -2.41. The van der Waals surface area contributed by atoms with Crippen molar-refractivity contribution in [2.75, 3.05) is 26.2 Å². The van der Waals surface area contributed by atoms with Gasteiger partial charge in [0.25, 0.3) is 0 Å². The molecule has 6 heteroatoms. The summed E-state index contributed by atoms with van der Waals surface area (Å²) in [4.78, 5) is 8.20. The van der Waals surface area contributed by atoms with Gasteiger partial charge in [-0.3, -0.25) is 9.80 Å². The van der Waals surface area contributed by atoms with Gasteiger partial charge in [-0.05, 0) is 42.7 Å². The van der Waals surface area contributed by atoms with E-state index in [0.29, 0.717) is 13.0 Å². The van der Waals surface area contributed by atoms with Gasteiger partial charge in [0.05, 0.1) is 0 Å². The van der Waals surface area contributed by atoms with Crippen LogP contribution in [0.2, 0.25) is 0 Å². The van der Waals surface area contributed by atoms with E-state index in [1.54, 1.807) is 6.07 Å². The first-order valence-electron chi connectivity index (χ1n) is 10.1. The van der Waals surface area contributed by atoms with Crippen LogP contribution in [0.25, 0.3) is 10.9 Å². The van der Waals surface area contributed by atoms with E-state index in [4.69, 9.17) is 0 Å². The van der Waals surface area contributed by atoms with Crippen LogP contribution in [0, 0.1) is 18.6 Å². The summed E-state index contributed by atoms with van der Waals surface area (Å²) >= 11 is 0. The van der Waals surface area contributed by atoms with Crippen molar-refractivity contribution in [3.63, 3.8) is 0 Å². The predicted molar refractivity (Wildman–Crippen MR) is 111 cm³/mol. The number of aromatic nitrogens is 1. The summed E-state index contributed by atoms with van der Waals surface area (Å²) in [6.45, 7) is 6.20. The number of nitrogens with zero attached hydrogens (tertiary/aromatic N) is 2. The molecule has 2 N–H and O–H groups in total. The molecule has 0 amide bonds. The number of hydrogen-bond acceptors (Lipinski definition) is 3. The molecule has 0 bridgehead atoms. The minimum Gasteiger partial charge on any atom is -0.396 e. The minimum absolute atomic E-state index is 0.109. The van der Waals surface area contributed by atoms with Crippen LogP contribution in [-0.2, 0) is 13.1 Å². The van der Waals surface area contributed by atoms with E-state index in [0.717, 1.165) is 37.3 Å². The van der Waals surface area contributed by atoms with Crippen LogP contribution < -0.4 is 0 Å². The number of rotatable bonds is 6. The van der Waals surface area contributed by atoms with Crippen LogP contribution in [0.4, 0.5) is 8.78 Å². The monoisotopic (exact) mass is 399 g/mol. The Hall–Kier alpha value is -2.28. The molecule has 4 nitrogen and oxygen atoms in total. The third-order valence-electron chi connectivity index (χ3n) is 5.97. The van der Waals surface area contributed by atoms with Crippen molar-refractivity contribution < 1.29 is 13.9 Å². The van der Waals surface area contributed by atoms with Crippen molar-refractivity contribution in [3.8, 4) is 0 Å². The Labute approximate surface area is 169 Å². The number of aliphatic hydroxyl groups excluding tert-OH is 1. The molecular formula is C23H27F2N3O. The van der Waals surface area contributed by atoms with E-state index in [2.05, 4.69) is 39.9 Å². The summed E-state index contributed by atoms with van der Waals surface area (Å²) < 4.78 is 26.8. The number of piperazine rings is 1. The molecule has 4 rings (SSSR count). The Morgan fingerprint density at radius 2 is 1.90 bits per heavy atom. The Morgan fingerprint density at radius 1 is 1.07 bits per heavy atom. The molecule has 2 aromatic carbocycles. The van der Waals surface area contributed by atoms with Crippen LogP contribution in [0.1, 0.15) is 23.2 Å². The lowest BCUT2D eigenvalue weighted by atomic mass is 10.1. The van der Waals surface area contributed by atoms with Gasteiger partial charge in [-0.2, -0.15) is 0 Å². The summed E-state index contributed by atoms with van der Waals surface area (Å²) in [5.41, 5.74) is 4.42. The van der Waals surface area contributed by atoms with Gasteiger partial charge in [0.15, 0.2) is 11.6 Å².